The molecule has 0 aliphatic carbocycles. The van der Waals surface area contributed by atoms with Gasteiger partial charge in [0.2, 0.25) is 0 Å². The van der Waals surface area contributed by atoms with E-state index in [0.717, 1.165) is 17.5 Å². The number of benzene rings is 1. The fraction of sp³-hybridized carbons (Fsp3) is 0.500. The molecule has 5 nitrogen and oxygen atoms in total. The molecule has 0 spiro atoms. The number of aliphatic hydroxyl groups is 1. The van der Waals surface area contributed by atoms with Gasteiger partial charge in [-0.3, -0.25) is 10.2 Å². The number of amides is 1. The van der Waals surface area contributed by atoms with Crippen molar-refractivity contribution in [3.05, 3.63) is 41.1 Å². The van der Waals surface area contributed by atoms with Crippen LogP contribution in [0.15, 0.2) is 30.0 Å². The third kappa shape index (κ3) is 4.30. The van der Waals surface area contributed by atoms with Crippen LogP contribution in [0.2, 0.25) is 0 Å². The highest BCUT2D eigenvalue weighted by Crippen LogP contribution is 2.38. The predicted molar refractivity (Wildman–Crippen MR) is 90.0 cm³/mol. The van der Waals surface area contributed by atoms with Crippen LogP contribution in [0.25, 0.3) is 0 Å². The van der Waals surface area contributed by atoms with Crippen LogP contribution >= 0.6 is 0 Å². The highest BCUT2D eigenvalue weighted by molar-refractivity contribution is 5.79. The molecule has 8 heteroatoms. The van der Waals surface area contributed by atoms with Crippen molar-refractivity contribution < 1.29 is 27.8 Å². The maximum atomic E-state index is 13.4. The summed E-state index contributed by atoms with van der Waals surface area (Å²) in [6.45, 7) is 4.95. The van der Waals surface area contributed by atoms with Crippen LogP contribution in [0.5, 0.6) is 5.75 Å². The molecule has 0 radical (unpaired) electrons. The van der Waals surface area contributed by atoms with Crippen molar-refractivity contribution in [3.63, 3.8) is 0 Å². The van der Waals surface area contributed by atoms with E-state index in [2.05, 4.69) is 5.43 Å². The zero-order valence-electron chi connectivity index (χ0n) is 15.0. The van der Waals surface area contributed by atoms with Crippen molar-refractivity contribution in [2.75, 3.05) is 6.61 Å². The molecule has 1 aromatic rings. The van der Waals surface area contributed by atoms with E-state index in [1.807, 2.05) is 26.8 Å². The van der Waals surface area contributed by atoms with Gasteiger partial charge in [0.15, 0.2) is 6.61 Å². The minimum Gasteiger partial charge on any atom is -0.484 e. The summed E-state index contributed by atoms with van der Waals surface area (Å²) >= 11 is 0. The Morgan fingerprint density at radius 3 is 2.42 bits per heavy atom. The Kier molecular flexibility index (Phi) is 5.85. The summed E-state index contributed by atoms with van der Waals surface area (Å²) in [6, 6.07) is 5.26. The van der Waals surface area contributed by atoms with Gasteiger partial charge in [-0.05, 0) is 56.0 Å². The number of carbonyl (C=O) groups is 1. The number of aryl methyl sites for hydroxylation is 2. The Hall–Kier alpha value is -2.22. The normalized spacial score (nSPS) is 20.0. The Morgan fingerprint density at radius 2 is 1.88 bits per heavy atom. The Morgan fingerprint density at radius 1 is 1.27 bits per heavy atom. The molecule has 1 atom stereocenters. The number of rotatable bonds is 6. The van der Waals surface area contributed by atoms with E-state index in [4.69, 9.17) is 4.74 Å². The van der Waals surface area contributed by atoms with E-state index in [-0.39, 0.29) is 10.7 Å². The summed E-state index contributed by atoms with van der Waals surface area (Å²) in [6.07, 6.45) is -2.68. The number of alkyl halides is 3. The predicted octanol–water partition coefficient (Wildman–Crippen LogP) is 3.35. The highest BCUT2D eigenvalue weighted by Gasteiger charge is 2.61. The third-order valence-corrected chi connectivity index (χ3v) is 4.00. The molecule has 1 amide bonds. The SMILES string of the molecule is CCCCC1=C[C@](O)(C(F)(F)F)N(C(=O)COc2cc(C)cc(C)c2)N1. The average molecular weight is 372 g/mol. The number of nitrogens with one attached hydrogen (secondary N) is 1. The summed E-state index contributed by atoms with van der Waals surface area (Å²) in [7, 11) is 0. The van der Waals surface area contributed by atoms with Gasteiger partial charge < -0.3 is 9.84 Å². The van der Waals surface area contributed by atoms with E-state index in [1.54, 1.807) is 12.1 Å². The molecular formula is C18H23F3N2O3. The first kappa shape index (κ1) is 20.1. The largest absolute Gasteiger partial charge is 0.484 e. The molecule has 144 valence electrons. The first-order valence-corrected chi connectivity index (χ1v) is 8.38. The zero-order valence-corrected chi connectivity index (χ0v) is 15.0. The van der Waals surface area contributed by atoms with Gasteiger partial charge in [-0.2, -0.15) is 13.2 Å². The second kappa shape index (κ2) is 7.57. The first-order valence-electron chi connectivity index (χ1n) is 8.38. The summed E-state index contributed by atoms with van der Waals surface area (Å²) in [5.74, 6) is -0.642. The van der Waals surface area contributed by atoms with E-state index in [1.165, 1.54) is 0 Å². The van der Waals surface area contributed by atoms with Crippen molar-refractivity contribution in [1.82, 2.24) is 10.4 Å². The number of hydrogen-bond acceptors (Lipinski definition) is 4. The topological polar surface area (TPSA) is 61.8 Å². The summed E-state index contributed by atoms with van der Waals surface area (Å²) in [5, 5.41) is 10.3. The molecule has 2 N–H and O–H groups in total. The van der Waals surface area contributed by atoms with Gasteiger partial charge in [-0.1, -0.05) is 19.4 Å². The zero-order chi connectivity index (χ0) is 19.5. The maximum absolute atomic E-state index is 13.4. The van der Waals surface area contributed by atoms with Gasteiger partial charge in [0.05, 0.1) is 0 Å². The lowest BCUT2D eigenvalue weighted by atomic mass is 10.1. The minimum atomic E-state index is -5.04. The van der Waals surface area contributed by atoms with Crippen molar-refractivity contribution in [3.8, 4) is 5.75 Å². The van der Waals surface area contributed by atoms with Gasteiger partial charge in [0.25, 0.3) is 11.6 Å². The molecule has 1 heterocycles. The number of ether oxygens (including phenoxy) is 1. The fourth-order valence-electron chi connectivity index (χ4n) is 2.75. The summed E-state index contributed by atoms with van der Waals surface area (Å²) < 4.78 is 45.4. The molecule has 0 saturated carbocycles. The molecule has 0 bridgehead atoms. The maximum Gasteiger partial charge on any atom is 0.442 e. The van der Waals surface area contributed by atoms with E-state index in [0.29, 0.717) is 24.7 Å². The van der Waals surface area contributed by atoms with Crippen molar-refractivity contribution >= 4 is 5.91 Å². The number of nitrogens with zero attached hydrogens (tertiary/aromatic N) is 1. The molecule has 0 unspecified atom stereocenters. The Bertz CT molecular complexity index is 683. The second-order valence-corrected chi connectivity index (χ2v) is 6.45. The lowest BCUT2D eigenvalue weighted by Gasteiger charge is -2.33. The number of allylic oxidation sites excluding steroid dienone is 1. The molecule has 1 aromatic carbocycles. The van der Waals surface area contributed by atoms with Crippen LogP contribution in [-0.2, 0) is 4.79 Å². The van der Waals surface area contributed by atoms with Gasteiger partial charge >= 0.3 is 6.18 Å². The average Bonchev–Trinajstić information content (AvgIpc) is 2.88. The highest BCUT2D eigenvalue weighted by atomic mass is 19.4. The lowest BCUT2D eigenvalue weighted by molar-refractivity contribution is -0.289. The molecule has 0 saturated heterocycles. The molecule has 1 aliphatic heterocycles. The standard InChI is InChI=1S/C18H23F3N2O3/c1-4-5-6-14-10-17(25,18(19,20)21)23(22-14)16(24)11-26-15-8-12(2)7-13(3)9-15/h7-10,22,25H,4-6,11H2,1-3H3/t17-/m0/s1. The van der Waals surface area contributed by atoms with Crippen molar-refractivity contribution in [2.45, 2.75) is 51.9 Å². The van der Waals surface area contributed by atoms with Gasteiger partial charge in [-0.25, -0.2) is 5.01 Å². The smallest absolute Gasteiger partial charge is 0.442 e. The fourth-order valence-corrected chi connectivity index (χ4v) is 2.75. The molecular weight excluding hydrogens is 349 g/mol. The van der Waals surface area contributed by atoms with Crippen molar-refractivity contribution in [2.24, 2.45) is 0 Å². The number of carbonyl (C=O) groups excluding carboxylic acids is 1. The Balaban J connectivity index is 2.13. The van der Waals surface area contributed by atoms with Gasteiger partial charge in [0.1, 0.15) is 5.75 Å². The first-order chi connectivity index (χ1) is 12.1. The molecule has 0 fully saturated rings. The summed E-state index contributed by atoms with van der Waals surface area (Å²) in [5.41, 5.74) is 0.955. The molecule has 26 heavy (non-hydrogen) atoms. The molecule has 1 aliphatic rings. The molecule has 2 rings (SSSR count). The number of hydrazine groups is 1. The minimum absolute atomic E-state index is 0.159. The van der Waals surface area contributed by atoms with E-state index in [9.17, 15) is 23.1 Å². The van der Waals surface area contributed by atoms with E-state index < -0.39 is 24.4 Å². The third-order valence-electron chi connectivity index (χ3n) is 4.00. The van der Waals surface area contributed by atoms with Crippen LogP contribution in [-0.4, -0.2) is 34.5 Å². The van der Waals surface area contributed by atoms with Crippen LogP contribution in [0, 0.1) is 13.8 Å². The monoisotopic (exact) mass is 372 g/mol. The van der Waals surface area contributed by atoms with Crippen LogP contribution in [0.3, 0.4) is 0 Å². The quantitative estimate of drug-likeness (QED) is 0.804. The second-order valence-electron chi connectivity index (χ2n) is 6.45. The van der Waals surface area contributed by atoms with Gasteiger partial charge in [0, 0.05) is 5.70 Å². The van der Waals surface area contributed by atoms with Crippen LogP contribution < -0.4 is 10.2 Å². The van der Waals surface area contributed by atoms with Crippen LogP contribution in [0.1, 0.15) is 37.3 Å². The lowest BCUT2D eigenvalue weighted by Crippen LogP contribution is -2.61. The number of unbranched alkanes of at least 4 members (excludes halogenated alkanes) is 1. The van der Waals surface area contributed by atoms with Crippen LogP contribution in [0.4, 0.5) is 13.2 Å². The van der Waals surface area contributed by atoms with Gasteiger partial charge in [-0.15, -0.1) is 0 Å². The number of halogens is 3. The number of hydrogen-bond donors (Lipinski definition) is 2. The molecule has 0 aromatic heterocycles. The van der Waals surface area contributed by atoms with E-state index >= 15 is 0 Å². The van der Waals surface area contributed by atoms with Crippen molar-refractivity contribution in [1.29, 1.82) is 0 Å². The Labute approximate surface area is 150 Å². The summed E-state index contributed by atoms with van der Waals surface area (Å²) in [4.78, 5) is 12.3.